The number of carbonyl (C=O) groups is 1. The maximum Gasteiger partial charge on any atom is 0.172 e. The summed E-state index contributed by atoms with van der Waals surface area (Å²) in [6.45, 7) is 4.28. The van der Waals surface area contributed by atoms with Crippen molar-refractivity contribution >= 4 is 6.29 Å². The molecule has 4 heteroatoms. The lowest BCUT2D eigenvalue weighted by Gasteiger charge is -2.31. The summed E-state index contributed by atoms with van der Waals surface area (Å²) < 4.78 is 5.77. The molecule has 1 unspecified atom stereocenters. The Kier molecular flexibility index (Phi) is 5.12. The first kappa shape index (κ1) is 15.7. The second-order valence-electron chi connectivity index (χ2n) is 5.71. The zero-order chi connectivity index (χ0) is 15.3. The van der Waals surface area contributed by atoms with E-state index in [0.29, 0.717) is 30.8 Å². The predicted octanol–water partition coefficient (Wildman–Crippen LogP) is 3.30. The molecule has 0 saturated carbocycles. The summed E-state index contributed by atoms with van der Waals surface area (Å²) in [6, 6.07) is 3.50. The van der Waals surface area contributed by atoms with E-state index in [4.69, 9.17) is 4.74 Å². The first-order chi connectivity index (χ1) is 10.1. The minimum atomic E-state index is -0.762. The Morgan fingerprint density at radius 2 is 2.19 bits per heavy atom. The molecule has 1 aromatic heterocycles. The number of aliphatic hydroxyl groups is 1. The molecule has 1 heterocycles. The molecule has 0 amide bonds. The summed E-state index contributed by atoms with van der Waals surface area (Å²) in [6.07, 6.45) is 7.07. The van der Waals surface area contributed by atoms with Crippen LogP contribution < -0.4 is 4.74 Å². The van der Waals surface area contributed by atoms with Gasteiger partial charge in [0.2, 0.25) is 0 Å². The van der Waals surface area contributed by atoms with Gasteiger partial charge in [0.05, 0.1) is 5.60 Å². The van der Waals surface area contributed by atoms with Crippen LogP contribution in [-0.4, -0.2) is 28.6 Å². The van der Waals surface area contributed by atoms with Crippen molar-refractivity contribution in [1.82, 2.24) is 4.98 Å². The zero-order valence-electron chi connectivity index (χ0n) is 12.8. The second kappa shape index (κ2) is 6.85. The van der Waals surface area contributed by atoms with E-state index in [0.717, 1.165) is 36.8 Å². The largest absolute Gasteiger partial charge is 0.487 e. The van der Waals surface area contributed by atoms with E-state index >= 15 is 0 Å². The number of hydrogen-bond donors (Lipinski definition) is 1. The van der Waals surface area contributed by atoms with Crippen LogP contribution in [0.3, 0.4) is 0 Å². The van der Waals surface area contributed by atoms with E-state index in [2.05, 4.69) is 4.98 Å². The van der Waals surface area contributed by atoms with Gasteiger partial charge in [-0.1, -0.05) is 6.92 Å². The first-order valence-electron chi connectivity index (χ1n) is 7.55. The minimum absolute atomic E-state index is 0.317. The van der Waals surface area contributed by atoms with E-state index in [1.54, 1.807) is 18.3 Å². The van der Waals surface area contributed by atoms with E-state index in [-0.39, 0.29) is 0 Å². The fourth-order valence-corrected chi connectivity index (χ4v) is 2.77. The Balaban J connectivity index is 2.18. The lowest BCUT2D eigenvalue weighted by atomic mass is 9.81. The smallest absolute Gasteiger partial charge is 0.172 e. The summed E-state index contributed by atoms with van der Waals surface area (Å²) in [5.74, 6) is 0.501. The van der Waals surface area contributed by atoms with Gasteiger partial charge in [-0.05, 0) is 62.3 Å². The second-order valence-corrected chi connectivity index (χ2v) is 5.71. The highest BCUT2D eigenvalue weighted by atomic mass is 16.5. The van der Waals surface area contributed by atoms with Crippen LogP contribution in [-0.2, 0) is 0 Å². The van der Waals surface area contributed by atoms with Crippen LogP contribution in [0.5, 0.6) is 5.75 Å². The average Bonchev–Trinajstić information content (AvgIpc) is 2.53. The van der Waals surface area contributed by atoms with Gasteiger partial charge in [0.15, 0.2) is 6.29 Å². The van der Waals surface area contributed by atoms with E-state index in [9.17, 15) is 9.90 Å². The lowest BCUT2D eigenvalue weighted by molar-refractivity contribution is 0.0861. The number of hydrogen-bond acceptors (Lipinski definition) is 4. The molecule has 114 valence electrons. The SMILES string of the molecule is CCC(C)(O)C1=C(COc2cccnc2C=O)CCCC1. The number of rotatable bonds is 6. The van der Waals surface area contributed by atoms with Gasteiger partial charge >= 0.3 is 0 Å². The third-order valence-electron chi connectivity index (χ3n) is 4.23. The van der Waals surface area contributed by atoms with Crippen LogP contribution in [0.25, 0.3) is 0 Å². The summed E-state index contributed by atoms with van der Waals surface area (Å²) >= 11 is 0. The standard InChI is InChI=1S/C17H23NO3/c1-3-17(2,20)14-8-5-4-7-13(14)12-21-16-9-6-10-18-15(16)11-19/h6,9-11,20H,3-5,7-8,12H2,1-2H3. The molecule has 0 fully saturated rings. The molecular formula is C17H23NO3. The van der Waals surface area contributed by atoms with Crippen molar-refractivity contribution in [2.75, 3.05) is 6.61 Å². The third kappa shape index (κ3) is 3.70. The fourth-order valence-electron chi connectivity index (χ4n) is 2.77. The monoisotopic (exact) mass is 289 g/mol. The van der Waals surface area contributed by atoms with Gasteiger partial charge in [-0.3, -0.25) is 4.79 Å². The fraction of sp³-hybridized carbons (Fsp3) is 0.529. The predicted molar refractivity (Wildman–Crippen MR) is 81.5 cm³/mol. The average molecular weight is 289 g/mol. The minimum Gasteiger partial charge on any atom is -0.487 e. The number of carbonyl (C=O) groups excluding carboxylic acids is 1. The van der Waals surface area contributed by atoms with E-state index in [1.165, 1.54) is 0 Å². The lowest BCUT2D eigenvalue weighted by Crippen LogP contribution is -2.29. The van der Waals surface area contributed by atoms with Gasteiger partial charge < -0.3 is 9.84 Å². The number of pyridine rings is 1. The zero-order valence-corrected chi connectivity index (χ0v) is 12.8. The van der Waals surface area contributed by atoms with Crippen molar-refractivity contribution in [1.29, 1.82) is 0 Å². The highest BCUT2D eigenvalue weighted by molar-refractivity contribution is 5.76. The molecule has 1 atom stereocenters. The number of aldehydes is 1. The highest BCUT2D eigenvalue weighted by Gasteiger charge is 2.28. The maximum absolute atomic E-state index is 11.0. The molecule has 0 bridgehead atoms. The molecule has 0 spiro atoms. The van der Waals surface area contributed by atoms with Crippen LogP contribution in [0.1, 0.15) is 56.4 Å². The van der Waals surface area contributed by atoms with Crippen LogP contribution in [0, 0.1) is 0 Å². The molecule has 1 N–H and O–H groups in total. The van der Waals surface area contributed by atoms with Crippen molar-refractivity contribution in [3.8, 4) is 5.75 Å². The quantitative estimate of drug-likeness (QED) is 0.645. The van der Waals surface area contributed by atoms with Gasteiger partial charge in [-0.2, -0.15) is 0 Å². The topological polar surface area (TPSA) is 59.4 Å². The normalized spacial score (nSPS) is 18.2. The van der Waals surface area contributed by atoms with Crippen LogP contribution in [0.2, 0.25) is 0 Å². The van der Waals surface area contributed by atoms with Crippen molar-refractivity contribution in [3.05, 3.63) is 35.2 Å². The van der Waals surface area contributed by atoms with Crippen LogP contribution in [0.15, 0.2) is 29.5 Å². The highest BCUT2D eigenvalue weighted by Crippen LogP contribution is 2.34. The number of nitrogens with zero attached hydrogens (tertiary/aromatic N) is 1. The molecule has 4 nitrogen and oxygen atoms in total. The van der Waals surface area contributed by atoms with Gasteiger partial charge in [0.25, 0.3) is 0 Å². The molecule has 0 saturated heterocycles. The molecule has 1 aromatic rings. The Labute approximate surface area is 125 Å². The van der Waals surface area contributed by atoms with Crippen molar-refractivity contribution in [2.45, 2.75) is 51.6 Å². The Bertz CT molecular complexity index is 535. The molecule has 21 heavy (non-hydrogen) atoms. The first-order valence-corrected chi connectivity index (χ1v) is 7.55. The van der Waals surface area contributed by atoms with Crippen molar-refractivity contribution in [3.63, 3.8) is 0 Å². The Morgan fingerprint density at radius 1 is 1.43 bits per heavy atom. The molecule has 2 rings (SSSR count). The maximum atomic E-state index is 11.0. The van der Waals surface area contributed by atoms with Gasteiger partial charge in [-0.15, -0.1) is 0 Å². The summed E-state index contributed by atoms with van der Waals surface area (Å²) in [5.41, 5.74) is 1.82. The number of aromatic nitrogens is 1. The van der Waals surface area contributed by atoms with Gasteiger partial charge in [0, 0.05) is 6.20 Å². The van der Waals surface area contributed by atoms with Crippen molar-refractivity contribution in [2.24, 2.45) is 0 Å². The molecule has 0 aliphatic heterocycles. The summed E-state index contributed by atoms with van der Waals surface area (Å²) in [4.78, 5) is 14.9. The Hall–Kier alpha value is -1.68. The van der Waals surface area contributed by atoms with Crippen LogP contribution >= 0.6 is 0 Å². The molecular weight excluding hydrogens is 266 g/mol. The van der Waals surface area contributed by atoms with Gasteiger partial charge in [-0.25, -0.2) is 4.98 Å². The molecule has 1 aliphatic rings. The molecule has 0 radical (unpaired) electrons. The molecule has 1 aliphatic carbocycles. The summed E-state index contributed by atoms with van der Waals surface area (Å²) in [5, 5.41) is 10.5. The molecule has 0 aromatic carbocycles. The van der Waals surface area contributed by atoms with E-state index < -0.39 is 5.60 Å². The third-order valence-corrected chi connectivity index (χ3v) is 4.23. The van der Waals surface area contributed by atoms with E-state index in [1.807, 2.05) is 13.8 Å². The summed E-state index contributed by atoms with van der Waals surface area (Å²) in [7, 11) is 0. The van der Waals surface area contributed by atoms with Crippen LogP contribution in [0.4, 0.5) is 0 Å². The Morgan fingerprint density at radius 3 is 2.90 bits per heavy atom. The van der Waals surface area contributed by atoms with Gasteiger partial charge in [0.1, 0.15) is 18.1 Å². The van der Waals surface area contributed by atoms with Crippen molar-refractivity contribution < 1.29 is 14.6 Å². The number of ether oxygens (including phenoxy) is 1.